The van der Waals surface area contributed by atoms with Crippen LogP contribution in [0.3, 0.4) is 0 Å². The van der Waals surface area contributed by atoms with Crippen molar-refractivity contribution in [2.45, 2.75) is 31.2 Å². The SMILES string of the molecule is CC[C@@H](N=C1NS(=O)(=O)c2ccccc21)c1ccc(C)cc1. The highest BCUT2D eigenvalue weighted by Gasteiger charge is 2.30. The number of fused-ring (bicyclic) bond motifs is 1. The van der Waals surface area contributed by atoms with E-state index in [0.717, 1.165) is 12.0 Å². The van der Waals surface area contributed by atoms with Crippen LogP contribution in [0.15, 0.2) is 58.4 Å². The van der Waals surface area contributed by atoms with Crippen LogP contribution < -0.4 is 4.72 Å². The van der Waals surface area contributed by atoms with Gasteiger partial charge in [-0.25, -0.2) is 8.42 Å². The van der Waals surface area contributed by atoms with Gasteiger partial charge in [0.2, 0.25) is 0 Å². The zero-order chi connectivity index (χ0) is 15.7. The molecule has 0 unspecified atom stereocenters. The maximum atomic E-state index is 12.1. The van der Waals surface area contributed by atoms with Gasteiger partial charge in [0.25, 0.3) is 10.0 Å². The molecular weight excluding hydrogens is 296 g/mol. The molecule has 1 atom stereocenters. The van der Waals surface area contributed by atoms with Crippen molar-refractivity contribution in [1.82, 2.24) is 4.72 Å². The molecule has 0 spiro atoms. The lowest BCUT2D eigenvalue weighted by Gasteiger charge is -2.12. The highest BCUT2D eigenvalue weighted by atomic mass is 32.2. The number of aliphatic imine (C=N–C) groups is 1. The molecule has 2 aromatic rings. The van der Waals surface area contributed by atoms with Gasteiger partial charge in [-0.1, -0.05) is 48.9 Å². The van der Waals surface area contributed by atoms with Gasteiger partial charge in [-0.05, 0) is 31.0 Å². The first-order valence-corrected chi connectivity index (χ1v) is 8.76. The number of rotatable bonds is 3. The molecule has 2 aromatic carbocycles. The molecule has 0 aliphatic carbocycles. The summed E-state index contributed by atoms with van der Waals surface area (Å²) in [5, 5.41) is 0. The molecule has 0 saturated carbocycles. The zero-order valence-corrected chi connectivity index (χ0v) is 13.4. The van der Waals surface area contributed by atoms with Crippen LogP contribution in [0.1, 0.15) is 36.1 Å². The Hall–Kier alpha value is -2.14. The van der Waals surface area contributed by atoms with Gasteiger partial charge in [0.15, 0.2) is 0 Å². The zero-order valence-electron chi connectivity index (χ0n) is 12.6. The molecule has 0 radical (unpaired) electrons. The molecule has 1 aliphatic heterocycles. The molecule has 0 saturated heterocycles. The number of nitrogens with zero attached hydrogens (tertiary/aromatic N) is 1. The number of hydrogen-bond acceptors (Lipinski definition) is 3. The summed E-state index contributed by atoms with van der Waals surface area (Å²) in [5.74, 6) is 0.433. The van der Waals surface area contributed by atoms with Crippen molar-refractivity contribution in [2.75, 3.05) is 0 Å². The van der Waals surface area contributed by atoms with Crippen molar-refractivity contribution in [3.8, 4) is 0 Å². The van der Waals surface area contributed by atoms with E-state index in [-0.39, 0.29) is 6.04 Å². The highest BCUT2D eigenvalue weighted by Crippen LogP contribution is 2.27. The summed E-state index contributed by atoms with van der Waals surface area (Å²) in [6.07, 6.45) is 0.802. The predicted octanol–water partition coefficient (Wildman–Crippen LogP) is 3.18. The average Bonchev–Trinajstić information content (AvgIpc) is 2.77. The van der Waals surface area contributed by atoms with Gasteiger partial charge in [-0.2, -0.15) is 0 Å². The number of hydrogen-bond donors (Lipinski definition) is 1. The van der Waals surface area contributed by atoms with E-state index in [1.54, 1.807) is 18.2 Å². The Morgan fingerprint density at radius 3 is 2.45 bits per heavy atom. The number of amidine groups is 1. The fourth-order valence-corrected chi connectivity index (χ4v) is 3.81. The molecule has 22 heavy (non-hydrogen) atoms. The van der Waals surface area contributed by atoms with E-state index in [2.05, 4.69) is 9.71 Å². The number of aryl methyl sites for hydroxylation is 1. The van der Waals surface area contributed by atoms with Gasteiger partial charge in [0.05, 0.1) is 10.9 Å². The molecule has 0 amide bonds. The topological polar surface area (TPSA) is 58.5 Å². The van der Waals surface area contributed by atoms with Gasteiger partial charge in [0, 0.05) is 5.56 Å². The summed E-state index contributed by atoms with van der Waals surface area (Å²) in [6, 6.07) is 15.1. The van der Waals surface area contributed by atoms with Crippen molar-refractivity contribution < 1.29 is 8.42 Å². The molecule has 5 heteroatoms. The van der Waals surface area contributed by atoms with E-state index in [9.17, 15) is 8.42 Å². The second-order valence-corrected chi connectivity index (χ2v) is 7.06. The van der Waals surface area contributed by atoms with Crippen LogP contribution in [-0.4, -0.2) is 14.3 Å². The van der Waals surface area contributed by atoms with E-state index in [1.807, 2.05) is 44.2 Å². The van der Waals surface area contributed by atoms with Crippen LogP contribution in [0.5, 0.6) is 0 Å². The minimum Gasteiger partial charge on any atom is -0.263 e. The summed E-state index contributed by atoms with van der Waals surface area (Å²) in [6.45, 7) is 4.09. The van der Waals surface area contributed by atoms with Crippen LogP contribution in [0.2, 0.25) is 0 Å². The summed E-state index contributed by atoms with van der Waals surface area (Å²) < 4.78 is 26.8. The van der Waals surface area contributed by atoms with E-state index in [0.29, 0.717) is 16.3 Å². The quantitative estimate of drug-likeness (QED) is 0.946. The first kappa shape index (κ1) is 14.8. The fraction of sp³-hybridized carbons (Fsp3) is 0.235. The lowest BCUT2D eigenvalue weighted by Crippen LogP contribution is -2.22. The predicted molar refractivity (Wildman–Crippen MR) is 87.5 cm³/mol. The largest absolute Gasteiger partial charge is 0.263 e. The highest BCUT2D eigenvalue weighted by molar-refractivity contribution is 7.90. The Morgan fingerprint density at radius 2 is 1.77 bits per heavy atom. The van der Waals surface area contributed by atoms with Gasteiger partial charge in [0.1, 0.15) is 5.84 Å². The third kappa shape index (κ3) is 2.64. The van der Waals surface area contributed by atoms with Gasteiger partial charge < -0.3 is 0 Å². The van der Waals surface area contributed by atoms with Crippen LogP contribution in [0.25, 0.3) is 0 Å². The van der Waals surface area contributed by atoms with E-state index in [4.69, 9.17) is 0 Å². The third-order valence-electron chi connectivity index (χ3n) is 3.80. The molecule has 0 fully saturated rings. The van der Waals surface area contributed by atoms with Gasteiger partial charge in [-0.15, -0.1) is 0 Å². The minimum absolute atomic E-state index is 0.0653. The van der Waals surface area contributed by atoms with Crippen LogP contribution in [0.4, 0.5) is 0 Å². The molecule has 0 aromatic heterocycles. The lowest BCUT2D eigenvalue weighted by molar-refractivity contribution is 0.594. The van der Waals surface area contributed by atoms with Crippen molar-refractivity contribution in [1.29, 1.82) is 0 Å². The molecule has 3 rings (SSSR count). The lowest BCUT2D eigenvalue weighted by atomic mass is 10.0. The summed E-state index contributed by atoms with van der Waals surface area (Å²) in [5.41, 5.74) is 2.93. The Balaban J connectivity index is 2.03. The second-order valence-electron chi connectivity index (χ2n) is 5.41. The van der Waals surface area contributed by atoms with Gasteiger partial charge in [-0.3, -0.25) is 9.71 Å². The number of benzene rings is 2. The summed E-state index contributed by atoms with van der Waals surface area (Å²) in [7, 11) is -3.48. The fourth-order valence-electron chi connectivity index (χ4n) is 2.58. The Morgan fingerprint density at radius 1 is 1.09 bits per heavy atom. The van der Waals surface area contributed by atoms with Gasteiger partial charge >= 0.3 is 0 Å². The van der Waals surface area contributed by atoms with Crippen LogP contribution >= 0.6 is 0 Å². The van der Waals surface area contributed by atoms with Crippen molar-refractivity contribution in [3.05, 3.63) is 65.2 Å². The molecule has 1 heterocycles. The summed E-state index contributed by atoms with van der Waals surface area (Å²) in [4.78, 5) is 4.96. The Labute approximate surface area is 131 Å². The van der Waals surface area contributed by atoms with Crippen molar-refractivity contribution >= 4 is 15.9 Å². The first-order valence-electron chi connectivity index (χ1n) is 7.28. The van der Waals surface area contributed by atoms with Crippen LogP contribution in [0, 0.1) is 6.92 Å². The monoisotopic (exact) mass is 314 g/mol. The smallest absolute Gasteiger partial charge is 0.263 e. The number of sulfonamides is 1. The second kappa shape index (κ2) is 5.57. The normalized spacial score (nSPS) is 18.7. The average molecular weight is 314 g/mol. The molecule has 1 aliphatic rings. The van der Waals surface area contributed by atoms with Crippen molar-refractivity contribution in [2.24, 2.45) is 4.99 Å². The summed E-state index contributed by atoms with van der Waals surface area (Å²) >= 11 is 0. The molecule has 4 nitrogen and oxygen atoms in total. The maximum Gasteiger partial charge on any atom is 0.263 e. The van der Waals surface area contributed by atoms with Crippen LogP contribution in [-0.2, 0) is 10.0 Å². The van der Waals surface area contributed by atoms with E-state index in [1.165, 1.54) is 5.56 Å². The molecule has 114 valence electrons. The number of nitrogens with one attached hydrogen (secondary N) is 1. The van der Waals surface area contributed by atoms with Crippen molar-refractivity contribution in [3.63, 3.8) is 0 Å². The molecule has 0 bridgehead atoms. The Bertz CT molecular complexity index is 824. The molecular formula is C17H18N2O2S. The van der Waals surface area contributed by atoms with E-state index >= 15 is 0 Å². The van der Waals surface area contributed by atoms with E-state index < -0.39 is 10.0 Å². The standard InChI is InChI=1S/C17H18N2O2S/c1-3-15(13-10-8-12(2)9-11-13)18-17-14-6-4-5-7-16(14)22(20,21)19-17/h4-11,15H,3H2,1-2H3,(H,18,19)/t15-/m1/s1. The Kier molecular flexibility index (Phi) is 3.74. The molecule has 1 N–H and O–H groups in total. The minimum atomic E-state index is -3.48. The first-order chi connectivity index (χ1) is 10.5. The third-order valence-corrected chi connectivity index (χ3v) is 5.19. The maximum absolute atomic E-state index is 12.1.